The molecule has 3 unspecified atom stereocenters. The van der Waals surface area contributed by atoms with Gasteiger partial charge in [0, 0.05) is 13.5 Å². The highest BCUT2D eigenvalue weighted by atomic mass is 16.6. The molecule has 2 fully saturated rings. The maximum atomic E-state index is 10.5. The molecule has 0 spiro atoms. The summed E-state index contributed by atoms with van der Waals surface area (Å²) in [6.45, 7) is 10.2. The van der Waals surface area contributed by atoms with Gasteiger partial charge in [-0.3, -0.25) is 9.59 Å². The van der Waals surface area contributed by atoms with Gasteiger partial charge in [-0.2, -0.15) is 0 Å². The molecular formula is C16H25NO5. The minimum Gasteiger partial charge on any atom is -0.463 e. The summed E-state index contributed by atoms with van der Waals surface area (Å²) in [4.78, 5) is 20.9. The topological polar surface area (TPSA) is 80.5 Å². The molecule has 6 heteroatoms. The number of unbranched alkanes of at least 4 members (excludes halogenated alkanes) is 1. The molecule has 3 atom stereocenters. The van der Waals surface area contributed by atoms with Crippen LogP contribution in [0.5, 0.6) is 0 Å². The normalized spacial score (nSPS) is 24.3. The predicted octanol–water partition coefficient (Wildman–Crippen LogP) is 1.36. The summed E-state index contributed by atoms with van der Waals surface area (Å²) in [5.41, 5.74) is 0. The molecule has 0 aromatic carbocycles. The predicted molar refractivity (Wildman–Crippen MR) is 82.3 cm³/mol. The van der Waals surface area contributed by atoms with E-state index in [1.165, 1.54) is 13.0 Å². The first-order valence-corrected chi connectivity index (χ1v) is 7.48. The van der Waals surface area contributed by atoms with Crippen molar-refractivity contribution in [3.8, 4) is 0 Å². The average molecular weight is 311 g/mol. The minimum atomic E-state index is -0.236. The van der Waals surface area contributed by atoms with Crippen LogP contribution >= 0.6 is 0 Å². The van der Waals surface area contributed by atoms with Crippen molar-refractivity contribution in [2.75, 3.05) is 19.8 Å². The molecule has 2 aliphatic heterocycles. The third-order valence-electron chi connectivity index (χ3n) is 3.13. The number of amides is 1. The summed E-state index contributed by atoms with van der Waals surface area (Å²) < 4.78 is 15.0. The summed E-state index contributed by atoms with van der Waals surface area (Å²) in [6.07, 6.45) is 7.04. The smallest absolute Gasteiger partial charge is 0.302 e. The summed E-state index contributed by atoms with van der Waals surface area (Å²) in [5.74, 6) is -0.370. The molecule has 2 rings (SSSR count). The fourth-order valence-electron chi connectivity index (χ4n) is 1.72. The van der Waals surface area contributed by atoms with Gasteiger partial charge in [-0.15, -0.1) is 6.58 Å². The number of hydrogen-bond acceptors (Lipinski definition) is 5. The highest BCUT2D eigenvalue weighted by Gasteiger charge is 2.38. The van der Waals surface area contributed by atoms with Crippen LogP contribution in [0, 0.1) is 0 Å². The maximum absolute atomic E-state index is 10.5. The fourth-order valence-corrected chi connectivity index (χ4v) is 1.72. The van der Waals surface area contributed by atoms with Gasteiger partial charge in [0.15, 0.2) is 0 Å². The van der Waals surface area contributed by atoms with Gasteiger partial charge in [0.1, 0.15) is 12.7 Å². The summed E-state index contributed by atoms with van der Waals surface area (Å²) in [6, 6.07) is 0. The van der Waals surface area contributed by atoms with Crippen molar-refractivity contribution in [2.45, 2.75) is 44.5 Å². The van der Waals surface area contributed by atoms with Crippen LogP contribution in [0.3, 0.4) is 0 Å². The number of esters is 1. The molecule has 0 radical (unpaired) electrons. The molecule has 0 aromatic heterocycles. The second kappa shape index (κ2) is 10.1. The minimum absolute atomic E-state index is 0.134. The van der Waals surface area contributed by atoms with Gasteiger partial charge in [-0.05, 0) is 25.3 Å². The molecule has 0 aliphatic carbocycles. The average Bonchev–Trinajstić information content (AvgIpc) is 3.39. The van der Waals surface area contributed by atoms with Crippen molar-refractivity contribution in [3.05, 3.63) is 25.3 Å². The number of ether oxygens (including phenoxy) is 3. The molecule has 2 aliphatic rings. The molecule has 0 bridgehead atoms. The van der Waals surface area contributed by atoms with Gasteiger partial charge in [0.05, 0.1) is 18.8 Å². The number of rotatable bonds is 9. The number of hydrogen-bond donors (Lipinski definition) is 1. The Bertz CT molecular complexity index is 392. The van der Waals surface area contributed by atoms with Gasteiger partial charge in [-0.25, -0.2) is 0 Å². The first-order valence-electron chi connectivity index (χ1n) is 7.48. The molecule has 124 valence electrons. The molecule has 22 heavy (non-hydrogen) atoms. The van der Waals surface area contributed by atoms with Crippen LogP contribution in [0.1, 0.15) is 26.2 Å². The van der Waals surface area contributed by atoms with Crippen molar-refractivity contribution in [3.63, 3.8) is 0 Å². The molecule has 1 N–H and O–H groups in total. The van der Waals surface area contributed by atoms with Crippen LogP contribution in [-0.4, -0.2) is 49.9 Å². The Morgan fingerprint density at radius 2 is 2.09 bits per heavy atom. The largest absolute Gasteiger partial charge is 0.463 e. The van der Waals surface area contributed by atoms with Gasteiger partial charge in [0.25, 0.3) is 0 Å². The van der Waals surface area contributed by atoms with Crippen LogP contribution in [0.25, 0.3) is 0 Å². The summed E-state index contributed by atoms with van der Waals surface area (Å²) in [7, 11) is 0. The highest BCUT2D eigenvalue weighted by molar-refractivity contribution is 5.86. The molecule has 0 aromatic rings. The second-order valence-corrected chi connectivity index (χ2v) is 5.14. The van der Waals surface area contributed by atoms with Crippen molar-refractivity contribution in [1.82, 2.24) is 5.32 Å². The molecule has 0 saturated carbocycles. The van der Waals surface area contributed by atoms with E-state index in [9.17, 15) is 9.59 Å². The Labute approximate surface area is 131 Å². The maximum Gasteiger partial charge on any atom is 0.302 e. The van der Waals surface area contributed by atoms with Crippen LogP contribution in [0.15, 0.2) is 25.3 Å². The number of allylic oxidation sites excluding steroid dienone is 1. The van der Waals surface area contributed by atoms with E-state index in [1.807, 2.05) is 6.08 Å². The lowest BCUT2D eigenvalue weighted by Crippen LogP contribution is -2.25. The van der Waals surface area contributed by atoms with Crippen LogP contribution in [-0.2, 0) is 23.8 Å². The van der Waals surface area contributed by atoms with E-state index in [0.29, 0.717) is 19.3 Å². The van der Waals surface area contributed by atoms with Crippen LogP contribution < -0.4 is 5.32 Å². The van der Waals surface area contributed by atoms with Crippen molar-refractivity contribution >= 4 is 11.9 Å². The molecule has 2 heterocycles. The van der Waals surface area contributed by atoms with Crippen molar-refractivity contribution in [1.29, 1.82) is 0 Å². The summed E-state index contributed by atoms with van der Waals surface area (Å²) >= 11 is 0. The SMILES string of the molecule is C=CC(=O)NCC1CO1.C=CCCCC1OC1COC(C)=O. The first kappa shape index (κ1) is 18.4. The fraction of sp³-hybridized carbons (Fsp3) is 0.625. The standard InChI is InChI=1S/C10H16O3.C6H9NO2/c1-3-4-5-6-9-10(13-9)7-12-8(2)11;1-2-6(8)7-3-5-4-9-5/h3,9-10H,1,4-7H2,2H3;2,5H,1,3-4H2,(H,7,8). The second-order valence-electron chi connectivity index (χ2n) is 5.14. The first-order chi connectivity index (χ1) is 10.6. The highest BCUT2D eigenvalue weighted by Crippen LogP contribution is 2.27. The Morgan fingerprint density at radius 1 is 1.36 bits per heavy atom. The van der Waals surface area contributed by atoms with Crippen LogP contribution in [0.4, 0.5) is 0 Å². The Kier molecular flexibility index (Phi) is 8.47. The van der Waals surface area contributed by atoms with E-state index < -0.39 is 0 Å². The summed E-state index contributed by atoms with van der Waals surface area (Å²) in [5, 5.41) is 2.61. The molecular weight excluding hydrogens is 286 g/mol. The molecule has 2 saturated heterocycles. The van der Waals surface area contributed by atoms with E-state index >= 15 is 0 Å². The van der Waals surface area contributed by atoms with Crippen molar-refractivity contribution in [2.24, 2.45) is 0 Å². The Morgan fingerprint density at radius 3 is 2.64 bits per heavy atom. The Balaban J connectivity index is 0.000000235. The zero-order valence-corrected chi connectivity index (χ0v) is 13.1. The zero-order chi connectivity index (χ0) is 16.4. The van der Waals surface area contributed by atoms with E-state index in [-0.39, 0.29) is 24.1 Å². The lowest BCUT2D eigenvalue weighted by Gasteiger charge is -1.96. The zero-order valence-electron chi connectivity index (χ0n) is 13.1. The number of carbonyl (C=O) groups is 2. The third kappa shape index (κ3) is 9.31. The lowest BCUT2D eigenvalue weighted by molar-refractivity contribution is -0.141. The quantitative estimate of drug-likeness (QED) is 0.229. The van der Waals surface area contributed by atoms with Crippen LogP contribution in [0.2, 0.25) is 0 Å². The monoisotopic (exact) mass is 311 g/mol. The van der Waals surface area contributed by atoms with E-state index in [1.54, 1.807) is 0 Å². The van der Waals surface area contributed by atoms with Gasteiger partial charge >= 0.3 is 5.97 Å². The number of nitrogens with one attached hydrogen (secondary N) is 1. The van der Waals surface area contributed by atoms with E-state index in [4.69, 9.17) is 14.2 Å². The lowest BCUT2D eigenvalue weighted by atomic mass is 10.1. The van der Waals surface area contributed by atoms with E-state index in [2.05, 4.69) is 18.5 Å². The molecule has 1 amide bonds. The van der Waals surface area contributed by atoms with Gasteiger partial charge in [-0.1, -0.05) is 12.7 Å². The van der Waals surface area contributed by atoms with Gasteiger partial charge in [0.2, 0.25) is 5.91 Å². The van der Waals surface area contributed by atoms with E-state index in [0.717, 1.165) is 25.9 Å². The van der Waals surface area contributed by atoms with Crippen molar-refractivity contribution < 1.29 is 23.8 Å². The molecule has 6 nitrogen and oxygen atoms in total. The number of carbonyl (C=O) groups excluding carboxylic acids is 2. The van der Waals surface area contributed by atoms with Gasteiger partial charge < -0.3 is 19.5 Å². The Hall–Kier alpha value is -1.66. The third-order valence-corrected chi connectivity index (χ3v) is 3.13. The number of epoxide rings is 2.